The highest BCUT2D eigenvalue weighted by atomic mass is 16.2. The van der Waals surface area contributed by atoms with Gasteiger partial charge in [0.1, 0.15) is 12.4 Å². The first-order valence-corrected chi connectivity index (χ1v) is 9.33. The van der Waals surface area contributed by atoms with Gasteiger partial charge in [-0.1, -0.05) is 42.5 Å². The summed E-state index contributed by atoms with van der Waals surface area (Å²) in [7, 11) is 0. The van der Waals surface area contributed by atoms with Crippen molar-refractivity contribution in [2.45, 2.75) is 25.9 Å². The molecule has 4 rings (SSSR count). The summed E-state index contributed by atoms with van der Waals surface area (Å²) in [4.78, 5) is 31.1. The van der Waals surface area contributed by atoms with Crippen molar-refractivity contribution in [3.63, 3.8) is 0 Å². The van der Waals surface area contributed by atoms with Crippen molar-refractivity contribution in [3.05, 3.63) is 72.6 Å². The van der Waals surface area contributed by atoms with Gasteiger partial charge in [0.2, 0.25) is 11.8 Å². The van der Waals surface area contributed by atoms with Crippen LogP contribution in [-0.4, -0.2) is 34.0 Å². The molecule has 0 bridgehead atoms. The van der Waals surface area contributed by atoms with E-state index in [2.05, 4.69) is 10.3 Å². The fraction of sp³-hybridized carbons (Fsp3) is 0.227. The molecule has 1 aliphatic rings. The summed E-state index contributed by atoms with van der Waals surface area (Å²) in [5.41, 5.74) is 2.94. The summed E-state index contributed by atoms with van der Waals surface area (Å²) in [5.74, 6) is 0.655. The molecule has 0 unspecified atom stereocenters. The van der Waals surface area contributed by atoms with E-state index in [9.17, 15) is 9.59 Å². The SMILES string of the molecule is Cc1cccc(N2C[C@H](NC(=O)Cn3ccnc3-c3ccccc3)CC2=O)c1. The fourth-order valence-electron chi connectivity index (χ4n) is 3.56. The van der Waals surface area contributed by atoms with Gasteiger partial charge in [0.15, 0.2) is 0 Å². The number of carbonyl (C=O) groups excluding carboxylic acids is 2. The monoisotopic (exact) mass is 374 g/mol. The summed E-state index contributed by atoms with van der Waals surface area (Å²) in [6.07, 6.45) is 3.80. The van der Waals surface area contributed by atoms with Crippen LogP contribution in [0.5, 0.6) is 0 Å². The molecule has 0 aliphatic carbocycles. The summed E-state index contributed by atoms with van der Waals surface area (Å²) in [6, 6.07) is 17.4. The molecule has 2 aromatic carbocycles. The van der Waals surface area contributed by atoms with E-state index in [1.165, 1.54) is 0 Å². The lowest BCUT2D eigenvalue weighted by Crippen LogP contribution is -2.39. The maximum atomic E-state index is 12.6. The van der Waals surface area contributed by atoms with Crippen LogP contribution in [0.3, 0.4) is 0 Å². The lowest BCUT2D eigenvalue weighted by Gasteiger charge is -2.18. The van der Waals surface area contributed by atoms with Gasteiger partial charge in [0, 0.05) is 36.6 Å². The molecule has 2 amide bonds. The van der Waals surface area contributed by atoms with E-state index in [1.54, 1.807) is 17.3 Å². The van der Waals surface area contributed by atoms with Gasteiger partial charge in [0.05, 0.1) is 6.04 Å². The lowest BCUT2D eigenvalue weighted by molar-refractivity contribution is -0.122. The molecule has 1 saturated heterocycles. The number of nitrogens with one attached hydrogen (secondary N) is 1. The number of hydrogen-bond acceptors (Lipinski definition) is 3. The van der Waals surface area contributed by atoms with E-state index in [1.807, 2.05) is 66.1 Å². The van der Waals surface area contributed by atoms with Crippen LogP contribution in [0.15, 0.2) is 67.0 Å². The third-order valence-electron chi connectivity index (χ3n) is 4.86. The normalized spacial score (nSPS) is 16.4. The number of aryl methyl sites for hydroxylation is 1. The first kappa shape index (κ1) is 18.0. The molecule has 6 nitrogen and oxygen atoms in total. The minimum absolute atomic E-state index is 0.0310. The smallest absolute Gasteiger partial charge is 0.240 e. The van der Waals surface area contributed by atoms with E-state index in [0.717, 1.165) is 22.6 Å². The Balaban J connectivity index is 1.40. The number of hydrogen-bond donors (Lipinski definition) is 1. The Morgan fingerprint density at radius 2 is 2.00 bits per heavy atom. The number of rotatable bonds is 5. The van der Waals surface area contributed by atoms with Crippen molar-refractivity contribution in [2.75, 3.05) is 11.4 Å². The average Bonchev–Trinajstić information content (AvgIpc) is 3.28. The Kier molecular flexibility index (Phi) is 4.93. The number of aromatic nitrogens is 2. The quantitative estimate of drug-likeness (QED) is 0.747. The van der Waals surface area contributed by atoms with Crippen molar-refractivity contribution in [3.8, 4) is 11.4 Å². The zero-order valence-electron chi connectivity index (χ0n) is 15.7. The predicted octanol–water partition coefficient (Wildman–Crippen LogP) is 2.78. The highest BCUT2D eigenvalue weighted by Crippen LogP contribution is 2.22. The first-order valence-electron chi connectivity index (χ1n) is 9.33. The number of nitrogens with zero attached hydrogens (tertiary/aromatic N) is 3. The van der Waals surface area contributed by atoms with Gasteiger partial charge in [-0.15, -0.1) is 0 Å². The van der Waals surface area contributed by atoms with Crippen molar-refractivity contribution in [2.24, 2.45) is 0 Å². The van der Waals surface area contributed by atoms with Crippen molar-refractivity contribution in [1.29, 1.82) is 0 Å². The second-order valence-corrected chi connectivity index (χ2v) is 7.06. The fourth-order valence-corrected chi connectivity index (χ4v) is 3.56. The molecule has 3 aromatic rings. The largest absolute Gasteiger partial charge is 0.349 e. The van der Waals surface area contributed by atoms with Gasteiger partial charge in [-0.25, -0.2) is 4.98 Å². The van der Waals surface area contributed by atoms with Crippen LogP contribution < -0.4 is 10.2 Å². The maximum absolute atomic E-state index is 12.6. The van der Waals surface area contributed by atoms with Gasteiger partial charge in [0.25, 0.3) is 0 Å². The molecule has 6 heteroatoms. The highest BCUT2D eigenvalue weighted by Gasteiger charge is 2.31. The van der Waals surface area contributed by atoms with E-state index in [4.69, 9.17) is 0 Å². The van der Waals surface area contributed by atoms with Crippen LogP contribution in [0, 0.1) is 6.92 Å². The van der Waals surface area contributed by atoms with Crippen LogP contribution in [0.4, 0.5) is 5.69 Å². The average molecular weight is 374 g/mol. The molecule has 0 saturated carbocycles. The Hall–Kier alpha value is -3.41. The molecular weight excluding hydrogens is 352 g/mol. The maximum Gasteiger partial charge on any atom is 0.240 e. The Labute approximate surface area is 163 Å². The van der Waals surface area contributed by atoms with Crippen LogP contribution >= 0.6 is 0 Å². The van der Waals surface area contributed by atoms with Gasteiger partial charge < -0.3 is 14.8 Å². The Bertz CT molecular complexity index is 997. The third-order valence-corrected chi connectivity index (χ3v) is 4.86. The molecule has 1 fully saturated rings. The second-order valence-electron chi connectivity index (χ2n) is 7.06. The summed E-state index contributed by atoms with van der Waals surface area (Å²) < 4.78 is 1.82. The minimum Gasteiger partial charge on any atom is -0.349 e. The molecule has 142 valence electrons. The molecule has 1 N–H and O–H groups in total. The number of amides is 2. The number of imidazole rings is 1. The van der Waals surface area contributed by atoms with Gasteiger partial charge >= 0.3 is 0 Å². The zero-order valence-corrected chi connectivity index (χ0v) is 15.7. The van der Waals surface area contributed by atoms with Crippen molar-refractivity contribution >= 4 is 17.5 Å². The van der Waals surface area contributed by atoms with E-state index < -0.39 is 0 Å². The molecule has 1 aliphatic heterocycles. The van der Waals surface area contributed by atoms with E-state index in [0.29, 0.717) is 13.0 Å². The molecule has 0 spiro atoms. The Morgan fingerprint density at radius 1 is 1.18 bits per heavy atom. The third kappa shape index (κ3) is 3.81. The summed E-state index contributed by atoms with van der Waals surface area (Å²) >= 11 is 0. The minimum atomic E-state index is -0.191. The number of benzene rings is 2. The second kappa shape index (κ2) is 7.68. The van der Waals surface area contributed by atoms with Gasteiger partial charge in [-0.2, -0.15) is 0 Å². The summed E-state index contributed by atoms with van der Waals surface area (Å²) in [5, 5.41) is 2.99. The van der Waals surface area contributed by atoms with Crippen LogP contribution in [0.2, 0.25) is 0 Å². The number of carbonyl (C=O) groups is 2. The molecule has 1 aromatic heterocycles. The molecule has 2 heterocycles. The topological polar surface area (TPSA) is 67.2 Å². The van der Waals surface area contributed by atoms with E-state index >= 15 is 0 Å². The van der Waals surface area contributed by atoms with Crippen LogP contribution in [0.25, 0.3) is 11.4 Å². The molecule has 1 atom stereocenters. The van der Waals surface area contributed by atoms with Crippen LogP contribution in [0.1, 0.15) is 12.0 Å². The predicted molar refractivity (Wildman–Crippen MR) is 108 cm³/mol. The first-order chi connectivity index (χ1) is 13.6. The van der Waals surface area contributed by atoms with Crippen LogP contribution in [-0.2, 0) is 16.1 Å². The standard InChI is InChI=1S/C22H22N4O2/c1-16-6-5-9-19(12-16)26-14-18(13-21(26)28)24-20(27)15-25-11-10-23-22(25)17-7-3-2-4-8-17/h2-12,18H,13-15H2,1H3,(H,24,27)/t18-/m1/s1. The lowest BCUT2D eigenvalue weighted by atomic mass is 10.2. The molecular formula is C22H22N4O2. The molecule has 28 heavy (non-hydrogen) atoms. The van der Waals surface area contributed by atoms with Gasteiger partial charge in [-0.05, 0) is 24.6 Å². The van der Waals surface area contributed by atoms with Gasteiger partial charge in [-0.3, -0.25) is 9.59 Å². The number of anilines is 1. The Morgan fingerprint density at radius 3 is 2.79 bits per heavy atom. The highest BCUT2D eigenvalue weighted by molar-refractivity contribution is 5.97. The zero-order chi connectivity index (χ0) is 19.5. The molecule has 0 radical (unpaired) electrons. The van der Waals surface area contributed by atoms with Crippen molar-refractivity contribution < 1.29 is 9.59 Å². The van der Waals surface area contributed by atoms with E-state index in [-0.39, 0.29) is 24.4 Å². The summed E-state index contributed by atoms with van der Waals surface area (Å²) in [6.45, 7) is 2.65. The van der Waals surface area contributed by atoms with Crippen molar-refractivity contribution in [1.82, 2.24) is 14.9 Å².